The highest BCUT2D eigenvalue weighted by Crippen LogP contribution is 2.60. The van der Waals surface area contributed by atoms with E-state index in [9.17, 15) is 4.79 Å². The van der Waals surface area contributed by atoms with E-state index >= 15 is 0 Å². The summed E-state index contributed by atoms with van der Waals surface area (Å²) in [6, 6.07) is 0. The molecule has 1 aromatic rings. The van der Waals surface area contributed by atoms with Gasteiger partial charge in [0.25, 0.3) is 0 Å². The third-order valence-electron chi connectivity index (χ3n) is 5.96. The zero-order chi connectivity index (χ0) is 14.4. The molecule has 4 nitrogen and oxygen atoms in total. The number of nitrogens with one attached hydrogen (secondary N) is 2. The van der Waals surface area contributed by atoms with Crippen molar-refractivity contribution in [3.63, 3.8) is 0 Å². The smallest absolute Gasteiger partial charge is 0.226 e. The zero-order valence-electron chi connectivity index (χ0n) is 12.8. The van der Waals surface area contributed by atoms with Gasteiger partial charge in [0.15, 0.2) is 0 Å². The van der Waals surface area contributed by atoms with Gasteiger partial charge in [0.05, 0.1) is 0 Å². The second-order valence-corrected chi connectivity index (χ2v) is 7.70. The first-order valence-corrected chi connectivity index (χ1v) is 8.42. The molecule has 1 amide bonds. The lowest BCUT2D eigenvalue weighted by atomic mass is 9.49. The van der Waals surface area contributed by atoms with Gasteiger partial charge in [-0.25, -0.2) is 4.98 Å². The number of hydrogen-bond acceptors (Lipinski definition) is 2. The molecule has 1 aromatic heterocycles. The van der Waals surface area contributed by atoms with Crippen LogP contribution in [-0.2, 0) is 11.2 Å². The van der Waals surface area contributed by atoms with Crippen molar-refractivity contribution in [3.8, 4) is 0 Å². The number of aromatic nitrogens is 2. The molecule has 1 heterocycles. The van der Waals surface area contributed by atoms with E-state index in [-0.39, 0.29) is 5.41 Å². The highest BCUT2D eigenvalue weighted by atomic mass is 16.2. The molecule has 0 spiro atoms. The summed E-state index contributed by atoms with van der Waals surface area (Å²) >= 11 is 0. The Morgan fingerprint density at radius 1 is 1.29 bits per heavy atom. The maximum atomic E-state index is 12.8. The number of nitrogens with zero attached hydrogens (tertiary/aromatic N) is 1. The first-order valence-electron chi connectivity index (χ1n) is 8.42. The Kier molecular flexibility index (Phi) is 3.09. The minimum atomic E-state index is -0.0152. The molecule has 4 heteroatoms. The molecule has 21 heavy (non-hydrogen) atoms. The molecule has 0 aliphatic heterocycles. The van der Waals surface area contributed by atoms with Gasteiger partial charge in [-0.1, -0.05) is 0 Å². The van der Waals surface area contributed by atoms with Crippen LogP contribution in [0.4, 0.5) is 0 Å². The van der Waals surface area contributed by atoms with Crippen LogP contribution >= 0.6 is 0 Å². The van der Waals surface area contributed by atoms with Crippen molar-refractivity contribution in [1.29, 1.82) is 0 Å². The molecule has 114 valence electrons. The van der Waals surface area contributed by atoms with Crippen LogP contribution < -0.4 is 5.32 Å². The number of aromatic amines is 1. The van der Waals surface area contributed by atoms with Gasteiger partial charge < -0.3 is 10.3 Å². The number of hydrogen-bond donors (Lipinski definition) is 2. The third kappa shape index (κ3) is 2.39. The first-order chi connectivity index (χ1) is 10.1. The highest BCUT2D eigenvalue weighted by Gasteiger charge is 2.54. The van der Waals surface area contributed by atoms with Crippen LogP contribution in [0.15, 0.2) is 6.20 Å². The zero-order valence-corrected chi connectivity index (χ0v) is 12.8. The van der Waals surface area contributed by atoms with Gasteiger partial charge in [-0.3, -0.25) is 4.79 Å². The molecule has 0 saturated heterocycles. The second-order valence-electron chi connectivity index (χ2n) is 7.70. The molecule has 4 aliphatic carbocycles. The van der Waals surface area contributed by atoms with E-state index in [4.69, 9.17) is 0 Å². The Morgan fingerprint density at radius 3 is 2.43 bits per heavy atom. The van der Waals surface area contributed by atoms with E-state index in [1.54, 1.807) is 0 Å². The lowest BCUT2D eigenvalue weighted by Crippen LogP contribution is -2.53. The quantitative estimate of drug-likeness (QED) is 0.894. The first kappa shape index (κ1) is 13.4. The van der Waals surface area contributed by atoms with Crippen molar-refractivity contribution in [3.05, 3.63) is 17.7 Å². The van der Waals surface area contributed by atoms with Crippen molar-refractivity contribution >= 4 is 5.91 Å². The highest BCUT2D eigenvalue weighted by molar-refractivity contribution is 5.83. The third-order valence-corrected chi connectivity index (χ3v) is 5.96. The molecule has 0 atom stereocenters. The second kappa shape index (κ2) is 4.85. The average Bonchev–Trinajstić information content (AvgIpc) is 2.83. The van der Waals surface area contributed by atoms with Gasteiger partial charge in [0.1, 0.15) is 5.82 Å². The molecule has 4 fully saturated rings. The molecular weight excluding hydrogens is 262 g/mol. The SMILES string of the molecule is Cc1ncc(CCNC(=O)C23CC4CC(CC(C4)C2)C3)[nH]1. The van der Waals surface area contributed by atoms with Crippen molar-refractivity contribution in [2.75, 3.05) is 6.54 Å². The van der Waals surface area contributed by atoms with E-state index in [1.807, 2.05) is 13.1 Å². The molecule has 4 saturated carbocycles. The van der Waals surface area contributed by atoms with Crippen molar-refractivity contribution in [2.45, 2.75) is 51.9 Å². The molecule has 4 aliphatic rings. The van der Waals surface area contributed by atoms with E-state index < -0.39 is 0 Å². The van der Waals surface area contributed by atoms with Crippen LogP contribution in [0.1, 0.15) is 50.0 Å². The molecule has 0 unspecified atom stereocenters. The minimum Gasteiger partial charge on any atom is -0.355 e. The van der Waals surface area contributed by atoms with Gasteiger partial charge in [0, 0.05) is 30.3 Å². The van der Waals surface area contributed by atoms with Crippen molar-refractivity contribution < 1.29 is 4.79 Å². The average molecular weight is 287 g/mol. The van der Waals surface area contributed by atoms with E-state index in [2.05, 4.69) is 15.3 Å². The summed E-state index contributed by atoms with van der Waals surface area (Å²) in [6.07, 6.45) is 10.3. The summed E-state index contributed by atoms with van der Waals surface area (Å²) in [6.45, 7) is 2.68. The van der Waals surface area contributed by atoms with Crippen LogP contribution in [0.2, 0.25) is 0 Å². The number of rotatable bonds is 4. The molecular formula is C17H25N3O. The number of carbonyl (C=O) groups excluding carboxylic acids is 1. The molecule has 5 rings (SSSR count). The maximum Gasteiger partial charge on any atom is 0.226 e. The molecule has 4 bridgehead atoms. The van der Waals surface area contributed by atoms with E-state index in [0.29, 0.717) is 5.91 Å². The Hall–Kier alpha value is -1.32. The summed E-state index contributed by atoms with van der Waals surface area (Å²) in [5, 5.41) is 3.21. The van der Waals surface area contributed by atoms with E-state index in [1.165, 1.54) is 19.3 Å². The number of H-pyrrole nitrogens is 1. The summed E-state index contributed by atoms with van der Waals surface area (Å²) in [7, 11) is 0. The predicted octanol–water partition coefficient (Wildman–Crippen LogP) is 2.59. The fraction of sp³-hybridized carbons (Fsp3) is 0.765. The fourth-order valence-electron chi connectivity index (χ4n) is 5.49. The summed E-state index contributed by atoms with van der Waals surface area (Å²) in [4.78, 5) is 20.2. The molecule has 0 aromatic carbocycles. The van der Waals surface area contributed by atoms with Crippen molar-refractivity contribution in [2.24, 2.45) is 23.2 Å². The van der Waals surface area contributed by atoms with Crippen LogP contribution in [0.3, 0.4) is 0 Å². The molecule has 0 radical (unpaired) electrons. The lowest BCUT2D eigenvalue weighted by Gasteiger charge is -2.55. The van der Waals surface area contributed by atoms with Crippen LogP contribution in [0.5, 0.6) is 0 Å². The maximum absolute atomic E-state index is 12.8. The normalized spacial score (nSPS) is 36.9. The van der Waals surface area contributed by atoms with Crippen LogP contribution in [0.25, 0.3) is 0 Å². The summed E-state index contributed by atoms with van der Waals surface area (Å²) in [5.41, 5.74) is 1.09. The lowest BCUT2D eigenvalue weighted by molar-refractivity contribution is -0.146. The Morgan fingerprint density at radius 2 is 1.90 bits per heavy atom. The summed E-state index contributed by atoms with van der Waals surface area (Å²) < 4.78 is 0. The number of amides is 1. The Bertz CT molecular complexity index is 513. The number of carbonyl (C=O) groups is 1. The summed E-state index contributed by atoms with van der Waals surface area (Å²) in [5.74, 6) is 3.77. The Balaban J connectivity index is 1.36. The van der Waals surface area contributed by atoms with Gasteiger partial charge >= 0.3 is 0 Å². The topological polar surface area (TPSA) is 57.8 Å². The Labute approximate surface area is 126 Å². The van der Waals surface area contributed by atoms with Crippen LogP contribution in [-0.4, -0.2) is 22.4 Å². The van der Waals surface area contributed by atoms with Crippen molar-refractivity contribution in [1.82, 2.24) is 15.3 Å². The predicted molar refractivity (Wildman–Crippen MR) is 80.6 cm³/mol. The number of imidazole rings is 1. The standard InChI is InChI=1S/C17H25N3O/c1-11-19-10-15(20-11)2-3-18-16(21)17-7-12-4-13(8-17)6-14(5-12)9-17/h10,12-14H,2-9H2,1H3,(H,18,21)(H,19,20). The minimum absolute atomic E-state index is 0.0152. The van der Waals surface area contributed by atoms with Gasteiger partial charge in [-0.2, -0.15) is 0 Å². The molecule has 2 N–H and O–H groups in total. The fourth-order valence-corrected chi connectivity index (χ4v) is 5.49. The van der Waals surface area contributed by atoms with E-state index in [0.717, 1.165) is 61.5 Å². The van der Waals surface area contributed by atoms with Gasteiger partial charge in [-0.15, -0.1) is 0 Å². The monoisotopic (exact) mass is 287 g/mol. The largest absolute Gasteiger partial charge is 0.355 e. The number of aryl methyl sites for hydroxylation is 1. The van der Waals surface area contributed by atoms with Crippen LogP contribution in [0, 0.1) is 30.1 Å². The van der Waals surface area contributed by atoms with Gasteiger partial charge in [-0.05, 0) is 63.2 Å². The van der Waals surface area contributed by atoms with Gasteiger partial charge in [0.2, 0.25) is 5.91 Å².